The zero-order valence-electron chi connectivity index (χ0n) is 12.1. The van der Waals surface area contributed by atoms with E-state index >= 15 is 0 Å². The maximum atomic E-state index is 4.53. The van der Waals surface area contributed by atoms with Crippen LogP contribution in [0.5, 0.6) is 0 Å². The second kappa shape index (κ2) is 7.43. The first-order chi connectivity index (χ1) is 9.79. The highest BCUT2D eigenvalue weighted by atomic mass is 15.2. The molecule has 0 aromatic carbocycles. The van der Waals surface area contributed by atoms with Crippen molar-refractivity contribution in [2.24, 2.45) is 0 Å². The van der Waals surface area contributed by atoms with Crippen LogP contribution in [0.3, 0.4) is 0 Å². The minimum Gasteiger partial charge on any atom is -0.360 e. The first kappa shape index (κ1) is 14.2. The van der Waals surface area contributed by atoms with E-state index in [-0.39, 0.29) is 0 Å². The third kappa shape index (κ3) is 4.19. The number of aromatic nitrogens is 3. The molecular weight excluding hydrogens is 250 g/mol. The largest absolute Gasteiger partial charge is 0.360 e. The lowest BCUT2D eigenvalue weighted by Gasteiger charge is -2.18. The molecule has 0 spiro atoms. The molecule has 0 radical (unpaired) electrons. The highest BCUT2D eigenvalue weighted by Gasteiger charge is 2.04. The Balaban J connectivity index is 1.95. The molecule has 0 fully saturated rings. The standard InChI is InChI=1S/C15H21N5/c1-3-4-11-20(2)14-7-10-17-15(19-14)18-12-13-5-8-16-9-6-13/h5-10H,3-4,11-12H2,1-2H3,(H,17,18,19). The lowest BCUT2D eigenvalue weighted by atomic mass is 10.3. The van der Waals surface area contributed by atoms with Crippen molar-refractivity contribution in [3.63, 3.8) is 0 Å². The van der Waals surface area contributed by atoms with Gasteiger partial charge in [-0.25, -0.2) is 4.98 Å². The number of rotatable bonds is 7. The Morgan fingerprint density at radius 2 is 1.95 bits per heavy atom. The fourth-order valence-corrected chi connectivity index (χ4v) is 1.84. The van der Waals surface area contributed by atoms with Gasteiger partial charge in [-0.15, -0.1) is 0 Å². The zero-order chi connectivity index (χ0) is 14.2. The van der Waals surface area contributed by atoms with Crippen molar-refractivity contribution in [1.29, 1.82) is 0 Å². The summed E-state index contributed by atoms with van der Waals surface area (Å²) in [5.41, 5.74) is 1.16. The fourth-order valence-electron chi connectivity index (χ4n) is 1.84. The van der Waals surface area contributed by atoms with Gasteiger partial charge in [0.1, 0.15) is 5.82 Å². The molecule has 0 atom stereocenters. The topological polar surface area (TPSA) is 53.9 Å². The van der Waals surface area contributed by atoms with Gasteiger partial charge in [-0.2, -0.15) is 4.98 Å². The number of nitrogens with zero attached hydrogens (tertiary/aromatic N) is 4. The number of nitrogens with one attached hydrogen (secondary N) is 1. The van der Waals surface area contributed by atoms with Gasteiger partial charge in [-0.3, -0.25) is 4.98 Å². The summed E-state index contributed by atoms with van der Waals surface area (Å²) in [6.45, 7) is 3.90. The summed E-state index contributed by atoms with van der Waals surface area (Å²) < 4.78 is 0. The monoisotopic (exact) mass is 271 g/mol. The fraction of sp³-hybridized carbons (Fsp3) is 0.400. The molecule has 0 amide bonds. The molecule has 5 nitrogen and oxygen atoms in total. The van der Waals surface area contributed by atoms with E-state index in [0.29, 0.717) is 12.5 Å². The molecule has 0 aliphatic rings. The van der Waals surface area contributed by atoms with E-state index in [1.165, 1.54) is 12.8 Å². The molecule has 2 rings (SSSR count). The summed E-state index contributed by atoms with van der Waals surface area (Å²) in [6, 6.07) is 5.89. The van der Waals surface area contributed by atoms with Crippen LogP contribution in [0.1, 0.15) is 25.3 Å². The number of hydrogen-bond donors (Lipinski definition) is 1. The van der Waals surface area contributed by atoms with E-state index in [1.54, 1.807) is 18.6 Å². The summed E-state index contributed by atoms with van der Waals surface area (Å²) >= 11 is 0. The molecule has 0 saturated heterocycles. The number of pyridine rings is 1. The van der Waals surface area contributed by atoms with Crippen molar-refractivity contribution in [3.8, 4) is 0 Å². The van der Waals surface area contributed by atoms with Crippen LogP contribution in [0.25, 0.3) is 0 Å². The lowest BCUT2D eigenvalue weighted by molar-refractivity contribution is 0.758. The molecule has 1 N–H and O–H groups in total. The summed E-state index contributed by atoms with van der Waals surface area (Å²) in [5.74, 6) is 1.60. The molecule has 0 aliphatic carbocycles. The zero-order valence-corrected chi connectivity index (χ0v) is 12.1. The predicted octanol–water partition coefficient (Wildman–Crippen LogP) is 2.72. The van der Waals surface area contributed by atoms with E-state index in [0.717, 1.165) is 17.9 Å². The number of unbranched alkanes of at least 4 members (excludes halogenated alkanes) is 1. The Hall–Kier alpha value is -2.17. The summed E-state index contributed by atoms with van der Waals surface area (Å²) in [7, 11) is 2.06. The van der Waals surface area contributed by atoms with Crippen molar-refractivity contribution in [2.75, 3.05) is 23.8 Å². The van der Waals surface area contributed by atoms with Crippen LogP contribution >= 0.6 is 0 Å². The van der Waals surface area contributed by atoms with Gasteiger partial charge in [0.05, 0.1) is 0 Å². The van der Waals surface area contributed by atoms with Gasteiger partial charge in [0, 0.05) is 38.7 Å². The van der Waals surface area contributed by atoms with Crippen molar-refractivity contribution in [2.45, 2.75) is 26.3 Å². The van der Waals surface area contributed by atoms with Gasteiger partial charge in [-0.05, 0) is 30.2 Å². The Morgan fingerprint density at radius 1 is 1.15 bits per heavy atom. The Morgan fingerprint density at radius 3 is 2.70 bits per heavy atom. The minimum absolute atomic E-state index is 0.655. The van der Waals surface area contributed by atoms with E-state index < -0.39 is 0 Å². The summed E-state index contributed by atoms with van der Waals surface area (Å²) in [6.07, 6.45) is 7.71. The molecule has 106 valence electrons. The average Bonchev–Trinajstić information content (AvgIpc) is 2.52. The average molecular weight is 271 g/mol. The van der Waals surface area contributed by atoms with Crippen molar-refractivity contribution < 1.29 is 0 Å². The van der Waals surface area contributed by atoms with E-state index in [2.05, 4.69) is 39.1 Å². The highest BCUT2D eigenvalue weighted by molar-refractivity contribution is 5.41. The predicted molar refractivity (Wildman–Crippen MR) is 81.8 cm³/mol. The van der Waals surface area contributed by atoms with Crippen LogP contribution in [0.15, 0.2) is 36.8 Å². The van der Waals surface area contributed by atoms with Gasteiger partial charge < -0.3 is 10.2 Å². The van der Waals surface area contributed by atoms with E-state index in [4.69, 9.17) is 0 Å². The first-order valence-electron chi connectivity index (χ1n) is 6.96. The molecule has 0 saturated carbocycles. The van der Waals surface area contributed by atoms with Crippen LogP contribution < -0.4 is 10.2 Å². The second-order valence-corrected chi connectivity index (χ2v) is 4.72. The van der Waals surface area contributed by atoms with Gasteiger partial charge in [0.2, 0.25) is 5.95 Å². The van der Waals surface area contributed by atoms with Crippen molar-refractivity contribution >= 4 is 11.8 Å². The Labute approximate surface area is 120 Å². The smallest absolute Gasteiger partial charge is 0.224 e. The van der Waals surface area contributed by atoms with Crippen LogP contribution in [0.4, 0.5) is 11.8 Å². The van der Waals surface area contributed by atoms with Crippen molar-refractivity contribution in [3.05, 3.63) is 42.4 Å². The number of anilines is 2. The molecular formula is C15H21N5. The Bertz CT molecular complexity index is 515. The summed E-state index contributed by atoms with van der Waals surface area (Å²) in [4.78, 5) is 14.9. The molecule has 0 unspecified atom stereocenters. The SMILES string of the molecule is CCCCN(C)c1ccnc(NCc2ccncc2)n1. The first-order valence-corrected chi connectivity index (χ1v) is 6.96. The van der Waals surface area contributed by atoms with Crippen LogP contribution in [-0.4, -0.2) is 28.5 Å². The maximum Gasteiger partial charge on any atom is 0.224 e. The molecule has 0 aliphatic heterocycles. The van der Waals surface area contributed by atoms with Crippen LogP contribution in [0, 0.1) is 0 Å². The van der Waals surface area contributed by atoms with Gasteiger partial charge >= 0.3 is 0 Å². The van der Waals surface area contributed by atoms with Crippen LogP contribution in [-0.2, 0) is 6.54 Å². The maximum absolute atomic E-state index is 4.53. The Kier molecular flexibility index (Phi) is 5.29. The molecule has 2 aromatic heterocycles. The second-order valence-electron chi connectivity index (χ2n) is 4.72. The molecule has 2 heterocycles. The minimum atomic E-state index is 0.655. The molecule has 2 aromatic rings. The van der Waals surface area contributed by atoms with Crippen LogP contribution in [0.2, 0.25) is 0 Å². The van der Waals surface area contributed by atoms with Gasteiger partial charge in [0.15, 0.2) is 0 Å². The van der Waals surface area contributed by atoms with E-state index in [9.17, 15) is 0 Å². The third-order valence-corrected chi connectivity index (χ3v) is 3.08. The van der Waals surface area contributed by atoms with E-state index in [1.807, 2.05) is 18.2 Å². The highest BCUT2D eigenvalue weighted by Crippen LogP contribution is 2.11. The van der Waals surface area contributed by atoms with Gasteiger partial charge in [0.25, 0.3) is 0 Å². The third-order valence-electron chi connectivity index (χ3n) is 3.08. The quantitative estimate of drug-likeness (QED) is 0.839. The van der Waals surface area contributed by atoms with Gasteiger partial charge in [-0.1, -0.05) is 13.3 Å². The molecule has 0 bridgehead atoms. The lowest BCUT2D eigenvalue weighted by Crippen LogP contribution is -2.20. The molecule has 5 heteroatoms. The number of hydrogen-bond acceptors (Lipinski definition) is 5. The summed E-state index contributed by atoms with van der Waals surface area (Å²) in [5, 5.41) is 3.24. The normalized spacial score (nSPS) is 10.3. The molecule has 20 heavy (non-hydrogen) atoms. The van der Waals surface area contributed by atoms with Crippen molar-refractivity contribution in [1.82, 2.24) is 15.0 Å².